The van der Waals surface area contributed by atoms with E-state index in [2.05, 4.69) is 26.0 Å². The van der Waals surface area contributed by atoms with Gasteiger partial charge in [0.15, 0.2) is 0 Å². The standard InChI is InChI=1S/C22H44O3/c1-6-8-9-10-11-12-15-18-21(7-2)19-16-13-14-17-20-22(23-3,24-4)25-5/h15,18,21H,6-14,16-17,19-20H2,1-5H3. The molecule has 150 valence electrons. The molecule has 0 saturated carbocycles. The molecule has 0 heterocycles. The first-order valence-electron chi connectivity index (χ1n) is 10.5. The summed E-state index contributed by atoms with van der Waals surface area (Å²) in [6, 6.07) is 0. The van der Waals surface area contributed by atoms with Crippen LogP contribution in [-0.2, 0) is 14.2 Å². The highest BCUT2D eigenvalue weighted by Crippen LogP contribution is 2.22. The lowest BCUT2D eigenvalue weighted by atomic mass is 9.97. The van der Waals surface area contributed by atoms with E-state index in [1.165, 1.54) is 70.6 Å². The van der Waals surface area contributed by atoms with Crippen molar-refractivity contribution in [3.05, 3.63) is 12.2 Å². The second kappa shape index (κ2) is 17.1. The van der Waals surface area contributed by atoms with Crippen LogP contribution in [0.5, 0.6) is 0 Å². The molecule has 0 aromatic rings. The second-order valence-corrected chi connectivity index (χ2v) is 7.05. The third-order valence-electron chi connectivity index (χ3n) is 5.15. The topological polar surface area (TPSA) is 27.7 Å². The average molecular weight is 357 g/mol. The van der Waals surface area contributed by atoms with Crippen LogP contribution in [0.1, 0.15) is 97.3 Å². The molecule has 1 atom stereocenters. The molecule has 0 amide bonds. The normalized spacial score (nSPS) is 13.6. The van der Waals surface area contributed by atoms with Crippen molar-refractivity contribution >= 4 is 0 Å². The SMILES string of the molecule is CCCCCCCC=CC(CC)CCCCCCC(OC)(OC)OC. The number of hydrogen-bond acceptors (Lipinski definition) is 3. The molecule has 0 aliphatic heterocycles. The Balaban J connectivity index is 3.72. The molecule has 0 aromatic heterocycles. The Morgan fingerprint density at radius 2 is 1.36 bits per heavy atom. The summed E-state index contributed by atoms with van der Waals surface area (Å²) in [7, 11) is 4.90. The Bertz CT molecular complexity index is 289. The average Bonchev–Trinajstić information content (AvgIpc) is 2.65. The molecule has 0 rings (SSSR count). The maximum Gasteiger partial charge on any atom is 0.282 e. The van der Waals surface area contributed by atoms with Gasteiger partial charge in [-0.1, -0.05) is 70.9 Å². The molecule has 3 nitrogen and oxygen atoms in total. The van der Waals surface area contributed by atoms with Gasteiger partial charge in [0.2, 0.25) is 0 Å². The maximum absolute atomic E-state index is 5.33. The second-order valence-electron chi connectivity index (χ2n) is 7.05. The zero-order valence-electron chi connectivity index (χ0n) is 17.6. The van der Waals surface area contributed by atoms with Crippen LogP contribution in [0.3, 0.4) is 0 Å². The van der Waals surface area contributed by atoms with Gasteiger partial charge in [-0.15, -0.1) is 0 Å². The van der Waals surface area contributed by atoms with Crippen molar-refractivity contribution in [2.75, 3.05) is 21.3 Å². The summed E-state index contributed by atoms with van der Waals surface area (Å²) in [6.45, 7) is 4.58. The number of allylic oxidation sites excluding steroid dienone is 2. The molecular weight excluding hydrogens is 312 g/mol. The van der Waals surface area contributed by atoms with Crippen LogP contribution in [0.2, 0.25) is 0 Å². The summed E-state index contributed by atoms with van der Waals surface area (Å²) in [5.41, 5.74) is 0. The fraction of sp³-hybridized carbons (Fsp3) is 0.909. The highest BCUT2D eigenvalue weighted by Gasteiger charge is 2.28. The lowest BCUT2D eigenvalue weighted by molar-refractivity contribution is -0.355. The van der Waals surface area contributed by atoms with Gasteiger partial charge < -0.3 is 14.2 Å². The number of hydrogen-bond donors (Lipinski definition) is 0. The molecular formula is C22H44O3. The van der Waals surface area contributed by atoms with Crippen molar-refractivity contribution in [1.82, 2.24) is 0 Å². The molecule has 0 bridgehead atoms. The van der Waals surface area contributed by atoms with Gasteiger partial charge in [0.25, 0.3) is 5.97 Å². The smallest absolute Gasteiger partial charge is 0.282 e. The predicted octanol–water partition coefficient (Wildman–Crippen LogP) is 6.86. The van der Waals surface area contributed by atoms with Crippen molar-refractivity contribution in [3.8, 4) is 0 Å². The fourth-order valence-corrected chi connectivity index (χ4v) is 3.25. The van der Waals surface area contributed by atoms with Gasteiger partial charge in [-0.3, -0.25) is 0 Å². The number of ether oxygens (including phenoxy) is 3. The van der Waals surface area contributed by atoms with Crippen LogP contribution < -0.4 is 0 Å². The molecule has 0 N–H and O–H groups in total. The van der Waals surface area contributed by atoms with Crippen LogP contribution in [0, 0.1) is 5.92 Å². The highest BCUT2D eigenvalue weighted by atomic mass is 16.9. The van der Waals surface area contributed by atoms with Gasteiger partial charge >= 0.3 is 0 Å². The summed E-state index contributed by atoms with van der Waals surface area (Å²) < 4.78 is 16.0. The number of rotatable bonds is 18. The Morgan fingerprint density at radius 3 is 1.96 bits per heavy atom. The highest BCUT2D eigenvalue weighted by molar-refractivity contribution is 4.87. The van der Waals surface area contributed by atoms with Gasteiger partial charge in [-0.2, -0.15) is 0 Å². The summed E-state index contributed by atoms with van der Waals surface area (Å²) in [5, 5.41) is 0. The van der Waals surface area contributed by atoms with Gasteiger partial charge in [0.05, 0.1) is 0 Å². The maximum atomic E-state index is 5.33. The van der Waals surface area contributed by atoms with E-state index >= 15 is 0 Å². The molecule has 0 aromatic carbocycles. The van der Waals surface area contributed by atoms with Crippen molar-refractivity contribution in [3.63, 3.8) is 0 Å². The van der Waals surface area contributed by atoms with Crippen LogP contribution >= 0.6 is 0 Å². The minimum absolute atomic E-state index is 0.756. The van der Waals surface area contributed by atoms with E-state index in [0.29, 0.717) is 0 Å². The third kappa shape index (κ3) is 12.6. The van der Waals surface area contributed by atoms with Gasteiger partial charge in [0.1, 0.15) is 0 Å². The summed E-state index contributed by atoms with van der Waals surface area (Å²) >= 11 is 0. The molecule has 0 spiro atoms. The van der Waals surface area contributed by atoms with Gasteiger partial charge in [-0.25, -0.2) is 0 Å². The van der Waals surface area contributed by atoms with Crippen molar-refractivity contribution in [2.45, 2.75) is 103 Å². The molecule has 0 saturated heterocycles. The van der Waals surface area contributed by atoms with Crippen LogP contribution in [-0.4, -0.2) is 27.3 Å². The Morgan fingerprint density at radius 1 is 0.760 bits per heavy atom. The Kier molecular flexibility index (Phi) is 16.8. The molecule has 3 heteroatoms. The van der Waals surface area contributed by atoms with E-state index in [-0.39, 0.29) is 0 Å². The Hall–Kier alpha value is -0.380. The first kappa shape index (κ1) is 24.6. The monoisotopic (exact) mass is 356 g/mol. The van der Waals surface area contributed by atoms with E-state index < -0.39 is 5.97 Å². The van der Waals surface area contributed by atoms with Gasteiger partial charge in [0, 0.05) is 27.8 Å². The zero-order valence-corrected chi connectivity index (χ0v) is 17.6. The number of unbranched alkanes of at least 4 members (excludes halogenated alkanes) is 8. The first-order valence-corrected chi connectivity index (χ1v) is 10.5. The van der Waals surface area contributed by atoms with Crippen LogP contribution in [0.25, 0.3) is 0 Å². The molecule has 0 radical (unpaired) electrons. The predicted molar refractivity (Wildman–Crippen MR) is 108 cm³/mol. The molecule has 1 unspecified atom stereocenters. The van der Waals surface area contributed by atoms with E-state index in [4.69, 9.17) is 14.2 Å². The van der Waals surface area contributed by atoms with Crippen molar-refractivity contribution in [2.24, 2.45) is 5.92 Å². The molecule has 0 aliphatic carbocycles. The molecule has 25 heavy (non-hydrogen) atoms. The summed E-state index contributed by atoms with van der Waals surface area (Å²) in [6.07, 6.45) is 21.2. The quantitative estimate of drug-likeness (QED) is 0.152. The Labute approximate surface area is 157 Å². The van der Waals surface area contributed by atoms with Crippen molar-refractivity contribution < 1.29 is 14.2 Å². The number of methoxy groups -OCH3 is 3. The minimum atomic E-state index is -0.855. The third-order valence-corrected chi connectivity index (χ3v) is 5.15. The molecule has 0 aliphatic rings. The largest absolute Gasteiger partial charge is 0.331 e. The van der Waals surface area contributed by atoms with E-state index in [0.717, 1.165) is 18.8 Å². The first-order chi connectivity index (χ1) is 12.2. The van der Waals surface area contributed by atoms with Crippen molar-refractivity contribution in [1.29, 1.82) is 0 Å². The minimum Gasteiger partial charge on any atom is -0.331 e. The lowest BCUT2D eigenvalue weighted by Crippen LogP contribution is -2.35. The van der Waals surface area contributed by atoms with E-state index in [1.807, 2.05) is 0 Å². The fourth-order valence-electron chi connectivity index (χ4n) is 3.25. The van der Waals surface area contributed by atoms with E-state index in [1.54, 1.807) is 21.3 Å². The summed E-state index contributed by atoms with van der Waals surface area (Å²) in [5.74, 6) is -0.0992. The summed E-state index contributed by atoms with van der Waals surface area (Å²) in [4.78, 5) is 0. The zero-order chi connectivity index (χ0) is 18.8. The van der Waals surface area contributed by atoms with E-state index in [9.17, 15) is 0 Å². The van der Waals surface area contributed by atoms with Crippen LogP contribution in [0.15, 0.2) is 12.2 Å². The van der Waals surface area contributed by atoms with Gasteiger partial charge in [-0.05, 0) is 38.0 Å². The lowest BCUT2D eigenvalue weighted by Gasteiger charge is -2.28. The van der Waals surface area contributed by atoms with Crippen LogP contribution in [0.4, 0.5) is 0 Å². The molecule has 0 fully saturated rings.